The first kappa shape index (κ1) is 45.8. The van der Waals surface area contributed by atoms with Gasteiger partial charge in [0.25, 0.3) is 5.91 Å². The third-order valence-corrected chi connectivity index (χ3v) is 10.1. The lowest BCUT2D eigenvalue weighted by Crippen LogP contribution is -2.50. The molecule has 1 aromatic heterocycles. The van der Waals surface area contributed by atoms with E-state index in [1.165, 1.54) is 23.1 Å². The smallest absolute Gasteiger partial charge is 0.478 e. The molecule has 5 rings (SSSR count). The number of hydrogen-bond acceptors (Lipinski definition) is 9. The number of carboxylic acid groups (broad SMARTS) is 1. The van der Waals surface area contributed by atoms with Gasteiger partial charge in [0.1, 0.15) is 17.9 Å². The predicted molar refractivity (Wildman–Crippen MR) is 186 cm³/mol. The van der Waals surface area contributed by atoms with Crippen LogP contribution < -0.4 is 4.74 Å². The number of esters is 1. The van der Waals surface area contributed by atoms with Crippen LogP contribution in [0.25, 0.3) is 16.8 Å². The van der Waals surface area contributed by atoms with E-state index in [-0.39, 0.29) is 40.6 Å². The summed E-state index contributed by atoms with van der Waals surface area (Å²) in [5.41, 5.74) is -10.4. The summed E-state index contributed by atoms with van der Waals surface area (Å²) in [6, 6.07) is 3.21. The molecule has 0 atom stereocenters. The van der Waals surface area contributed by atoms with Crippen molar-refractivity contribution < 1.29 is 87.1 Å². The van der Waals surface area contributed by atoms with Crippen LogP contribution in [0.4, 0.5) is 48.7 Å². The van der Waals surface area contributed by atoms with Gasteiger partial charge >= 0.3 is 42.5 Å². The van der Waals surface area contributed by atoms with E-state index in [1.807, 2.05) is 0 Å². The van der Waals surface area contributed by atoms with Crippen LogP contribution in [0.3, 0.4) is 0 Å². The average molecular weight is 909 g/mol. The molecule has 0 unspecified atom stereocenters. The molecule has 0 spiro atoms. The molecule has 1 N–H and O–H groups in total. The SMILES string of the molecule is CC1(N(COC(=O)OC2CCC(OC(=O)/C=C/C(=O)O)CC2)C(=O)c2cc(-c3cnn(-c4c(Cl)cc(C(F)(C(F)(F)F)C(F)(F)F)cc4OC(F)(F)F)c3)ccc2Cl)CC1. The molecule has 2 saturated carbocycles. The van der Waals surface area contributed by atoms with Crippen molar-refractivity contribution in [3.63, 3.8) is 0 Å². The minimum atomic E-state index is -6.69. The summed E-state index contributed by atoms with van der Waals surface area (Å²) in [6.07, 6.45) is -16.0. The zero-order chi connectivity index (χ0) is 44.6. The molecule has 3 aromatic rings. The minimum absolute atomic E-state index is 0.00513. The third kappa shape index (κ3) is 10.4. The largest absolute Gasteiger partial charge is 0.573 e. The Labute approximate surface area is 341 Å². The molecule has 2 aliphatic carbocycles. The maximum atomic E-state index is 14.9. The van der Waals surface area contributed by atoms with Gasteiger partial charge in [-0.15, -0.1) is 13.2 Å². The Bertz CT molecular complexity index is 2150. The topological polar surface area (TPSA) is 146 Å². The number of rotatable bonds is 12. The Hall–Kier alpha value is -5.25. The number of carbonyl (C=O) groups excluding carboxylic acids is 3. The second kappa shape index (κ2) is 17.0. The van der Waals surface area contributed by atoms with Gasteiger partial charge in [-0.1, -0.05) is 29.3 Å². The number of ether oxygens (including phenoxy) is 4. The number of aliphatic carboxylic acids is 1. The van der Waals surface area contributed by atoms with E-state index in [0.717, 1.165) is 18.5 Å². The third-order valence-electron chi connectivity index (χ3n) is 9.49. The molecule has 1 heterocycles. The molecule has 326 valence electrons. The maximum Gasteiger partial charge on any atom is 0.573 e. The first-order valence-electron chi connectivity index (χ1n) is 17.3. The fourth-order valence-corrected chi connectivity index (χ4v) is 6.60. The van der Waals surface area contributed by atoms with Crippen LogP contribution in [0.1, 0.15) is 61.4 Å². The summed E-state index contributed by atoms with van der Waals surface area (Å²) in [6.45, 7) is 1.09. The Balaban J connectivity index is 1.34. The van der Waals surface area contributed by atoms with Crippen molar-refractivity contribution in [3.05, 3.63) is 76.0 Å². The van der Waals surface area contributed by atoms with Gasteiger partial charge in [0.05, 0.1) is 21.8 Å². The number of alkyl halides is 10. The zero-order valence-corrected chi connectivity index (χ0v) is 31.9. The molecular formula is C36H29Cl2F10N3O9. The normalized spacial score (nSPS) is 18.1. The molecule has 1 amide bonds. The van der Waals surface area contributed by atoms with Gasteiger partial charge in [0.2, 0.25) is 0 Å². The number of carboxylic acids is 1. The van der Waals surface area contributed by atoms with E-state index >= 15 is 0 Å². The molecule has 2 aromatic carbocycles. The fourth-order valence-electron chi connectivity index (χ4n) is 6.10. The molecule has 24 heteroatoms. The Morgan fingerprint density at radius 1 is 0.867 bits per heavy atom. The Morgan fingerprint density at radius 2 is 1.47 bits per heavy atom. The number of benzene rings is 2. The predicted octanol–water partition coefficient (Wildman–Crippen LogP) is 9.63. The van der Waals surface area contributed by atoms with Gasteiger partial charge < -0.3 is 24.1 Å². The van der Waals surface area contributed by atoms with E-state index in [4.69, 9.17) is 42.5 Å². The lowest BCUT2D eigenvalue weighted by molar-refractivity contribution is -0.348. The van der Waals surface area contributed by atoms with Gasteiger partial charge in [-0.25, -0.2) is 23.5 Å². The fraction of sp³-hybridized carbons (Fsp3) is 0.417. The number of nitrogens with zero attached hydrogens (tertiary/aromatic N) is 3. The summed E-state index contributed by atoms with van der Waals surface area (Å²) in [4.78, 5) is 50.1. The van der Waals surface area contributed by atoms with E-state index in [1.54, 1.807) is 6.92 Å². The van der Waals surface area contributed by atoms with Gasteiger partial charge in [-0.2, -0.15) is 31.4 Å². The Morgan fingerprint density at radius 3 is 2.02 bits per heavy atom. The lowest BCUT2D eigenvalue weighted by Gasteiger charge is -2.31. The molecule has 0 radical (unpaired) electrons. The molecule has 60 heavy (non-hydrogen) atoms. The summed E-state index contributed by atoms with van der Waals surface area (Å²) in [5.74, 6) is -4.69. The van der Waals surface area contributed by atoms with Crippen molar-refractivity contribution >= 4 is 47.2 Å². The van der Waals surface area contributed by atoms with Crippen molar-refractivity contribution in [2.45, 2.75) is 87.6 Å². The quantitative estimate of drug-likeness (QED) is 0.0807. The molecule has 0 bridgehead atoms. The highest BCUT2D eigenvalue weighted by atomic mass is 35.5. The molecule has 0 saturated heterocycles. The lowest BCUT2D eigenvalue weighted by atomic mass is 9.93. The average Bonchev–Trinajstić information content (AvgIpc) is 3.68. The van der Waals surface area contributed by atoms with Crippen molar-refractivity contribution in [2.24, 2.45) is 0 Å². The summed E-state index contributed by atoms with van der Waals surface area (Å²) >= 11 is 12.3. The van der Waals surface area contributed by atoms with Crippen LogP contribution in [0.15, 0.2) is 54.9 Å². The monoisotopic (exact) mass is 907 g/mol. The van der Waals surface area contributed by atoms with Gasteiger partial charge in [0.15, 0.2) is 12.5 Å². The highest BCUT2D eigenvalue weighted by molar-refractivity contribution is 6.34. The van der Waals surface area contributed by atoms with Crippen molar-refractivity contribution in [3.8, 4) is 22.6 Å². The second-order valence-corrected chi connectivity index (χ2v) is 14.6. The second-order valence-electron chi connectivity index (χ2n) is 13.8. The first-order valence-corrected chi connectivity index (χ1v) is 18.0. The van der Waals surface area contributed by atoms with Crippen LogP contribution in [0, 0.1) is 0 Å². The van der Waals surface area contributed by atoms with Crippen LogP contribution >= 0.6 is 23.2 Å². The number of carbonyl (C=O) groups is 4. The number of halogens is 12. The van der Waals surface area contributed by atoms with Crippen LogP contribution in [-0.2, 0) is 29.5 Å². The number of hydrogen-bond donors (Lipinski definition) is 1. The highest BCUT2D eigenvalue weighted by Crippen LogP contribution is 2.55. The van der Waals surface area contributed by atoms with Crippen LogP contribution in [-0.4, -0.2) is 87.0 Å². The molecule has 12 nitrogen and oxygen atoms in total. The van der Waals surface area contributed by atoms with Crippen LogP contribution in [0.5, 0.6) is 5.75 Å². The number of amides is 1. The van der Waals surface area contributed by atoms with Crippen LogP contribution in [0.2, 0.25) is 10.0 Å². The molecule has 0 aliphatic heterocycles. The minimum Gasteiger partial charge on any atom is -0.478 e. The summed E-state index contributed by atoms with van der Waals surface area (Å²) in [7, 11) is 0. The molecule has 2 aliphatic rings. The standard InChI is InChI=1S/C36H29Cl2F10N3O9/c1-32(10-11-32)50(17-57-31(56)59-22-5-3-21(4-6-22)58-28(54)9-8-27(52)53)30(55)23-12-18(2-7-24(23)37)19-15-49-51(16-19)29-25(38)13-20(14-26(29)60-36(46,47)48)33(39,34(40,41)42)35(43,44)45/h2,7-9,12-16,21-22H,3-6,10-11,17H2,1H3,(H,52,53)/b9-8+. The van der Waals surface area contributed by atoms with E-state index in [2.05, 4.69) is 9.84 Å². The van der Waals surface area contributed by atoms with Gasteiger partial charge in [-0.05, 0) is 75.3 Å². The first-order chi connectivity index (χ1) is 27.7. The summed E-state index contributed by atoms with van der Waals surface area (Å²) < 4.78 is 156. The zero-order valence-electron chi connectivity index (χ0n) is 30.4. The molecular weight excluding hydrogens is 879 g/mol. The van der Waals surface area contributed by atoms with Crippen molar-refractivity contribution in [1.29, 1.82) is 0 Å². The maximum absolute atomic E-state index is 14.9. The number of aromatic nitrogens is 2. The Kier molecular flexibility index (Phi) is 13.0. The van der Waals surface area contributed by atoms with Crippen molar-refractivity contribution in [2.75, 3.05) is 6.73 Å². The van der Waals surface area contributed by atoms with Gasteiger partial charge in [0, 0.05) is 35.0 Å². The van der Waals surface area contributed by atoms with Crippen molar-refractivity contribution in [1.82, 2.24) is 14.7 Å². The van der Waals surface area contributed by atoms with E-state index in [9.17, 15) is 63.1 Å². The van der Waals surface area contributed by atoms with E-state index in [0.29, 0.717) is 36.4 Å². The van der Waals surface area contributed by atoms with E-state index < -0.39 is 101 Å². The molecule has 2 fully saturated rings. The summed E-state index contributed by atoms with van der Waals surface area (Å²) in [5, 5.41) is 11.1. The van der Waals surface area contributed by atoms with Gasteiger partial charge in [-0.3, -0.25) is 9.69 Å². The highest BCUT2D eigenvalue weighted by Gasteiger charge is 2.73.